The molecule has 18 heteroatoms. The predicted molar refractivity (Wildman–Crippen MR) is 207 cm³/mol. The average Bonchev–Trinajstić information content (AvgIpc) is 3.60. The standard InChI is InChI=1S/C21H18ClN5O5.C16H14ClN3O3/c1-11-6-19(32-27-11)26-21(28)25-15-5-4-12(7-14(15)22)31-20-13-8-17(29-2)18(30-3)9-16(13)23-10-24-20;1-21-14-6-10-13(7-15(14)22-2)19-8-20-16(10)23-9-3-4-12(18)11(17)5-9/h4-10H,1-3H3,(H2,25,26,28);3-8H,18H2,1-2H3. The summed E-state index contributed by atoms with van der Waals surface area (Å²) in [4.78, 5) is 29.0. The summed E-state index contributed by atoms with van der Waals surface area (Å²) in [5, 5.41) is 10.9. The van der Waals surface area contributed by atoms with Crippen molar-refractivity contribution in [2.24, 2.45) is 0 Å². The van der Waals surface area contributed by atoms with Gasteiger partial charge in [-0.2, -0.15) is 0 Å². The van der Waals surface area contributed by atoms with Gasteiger partial charge >= 0.3 is 6.03 Å². The number of aromatic nitrogens is 5. The van der Waals surface area contributed by atoms with Crippen LogP contribution in [0.5, 0.6) is 46.3 Å². The number of methoxy groups -OCH3 is 4. The molecule has 0 radical (unpaired) electrons. The van der Waals surface area contributed by atoms with E-state index in [0.717, 1.165) is 0 Å². The van der Waals surface area contributed by atoms with Crippen molar-refractivity contribution in [3.8, 4) is 46.3 Å². The lowest BCUT2D eigenvalue weighted by Crippen LogP contribution is -2.19. The van der Waals surface area contributed by atoms with Crippen LogP contribution in [0.3, 0.4) is 0 Å². The van der Waals surface area contributed by atoms with Crippen molar-refractivity contribution in [2.75, 3.05) is 44.8 Å². The highest BCUT2D eigenvalue weighted by molar-refractivity contribution is 6.34. The van der Waals surface area contributed by atoms with Crippen LogP contribution in [0.25, 0.3) is 21.8 Å². The number of halogens is 2. The maximum atomic E-state index is 12.1. The van der Waals surface area contributed by atoms with Crippen LogP contribution >= 0.6 is 23.2 Å². The number of ether oxygens (including phenoxy) is 6. The summed E-state index contributed by atoms with van der Waals surface area (Å²) in [6.45, 7) is 1.75. The highest BCUT2D eigenvalue weighted by Gasteiger charge is 2.16. The maximum Gasteiger partial charge on any atom is 0.326 e. The van der Waals surface area contributed by atoms with Gasteiger partial charge in [0.2, 0.25) is 17.6 Å². The first-order valence-corrected chi connectivity index (χ1v) is 16.8. The molecule has 0 aliphatic rings. The van der Waals surface area contributed by atoms with E-state index >= 15 is 0 Å². The van der Waals surface area contributed by atoms with Gasteiger partial charge in [0, 0.05) is 30.3 Å². The number of rotatable bonds is 10. The zero-order chi connectivity index (χ0) is 39.1. The molecule has 16 nitrogen and oxygen atoms in total. The topological polar surface area (TPSA) is 200 Å². The second kappa shape index (κ2) is 16.9. The van der Waals surface area contributed by atoms with Gasteiger partial charge in [-0.3, -0.25) is 5.32 Å². The first kappa shape index (κ1) is 38.0. The lowest BCUT2D eigenvalue weighted by atomic mass is 10.2. The molecule has 0 atom stereocenters. The van der Waals surface area contributed by atoms with Crippen molar-refractivity contribution in [3.63, 3.8) is 0 Å². The number of hydrogen-bond acceptors (Lipinski definition) is 14. The number of nitrogen functional groups attached to an aromatic ring is 1. The van der Waals surface area contributed by atoms with Crippen LogP contribution in [0.15, 0.2) is 83.9 Å². The van der Waals surface area contributed by atoms with E-state index in [2.05, 4.69) is 35.7 Å². The monoisotopic (exact) mass is 786 g/mol. The highest BCUT2D eigenvalue weighted by Crippen LogP contribution is 2.38. The number of nitrogens with two attached hydrogens (primary N) is 1. The van der Waals surface area contributed by atoms with Crippen LogP contribution in [-0.4, -0.2) is 59.6 Å². The van der Waals surface area contributed by atoms with E-state index in [-0.39, 0.29) is 10.9 Å². The third-order valence-electron chi connectivity index (χ3n) is 7.66. The van der Waals surface area contributed by atoms with Gasteiger partial charge in [-0.1, -0.05) is 28.4 Å². The fourth-order valence-corrected chi connectivity index (χ4v) is 5.41. The molecule has 0 aliphatic heterocycles. The number of amides is 2. The van der Waals surface area contributed by atoms with E-state index in [1.54, 1.807) is 102 Å². The molecule has 282 valence electrons. The lowest BCUT2D eigenvalue weighted by Gasteiger charge is -2.12. The Bertz CT molecular complexity index is 2500. The molecular formula is C37H32Cl2N8O8. The molecule has 4 aromatic carbocycles. The predicted octanol–water partition coefficient (Wildman–Crippen LogP) is 8.71. The van der Waals surface area contributed by atoms with Gasteiger partial charge < -0.3 is 44.0 Å². The zero-order valence-electron chi connectivity index (χ0n) is 29.8. The molecule has 3 heterocycles. The number of benzene rings is 4. The fourth-order valence-electron chi connectivity index (χ4n) is 5.02. The van der Waals surface area contributed by atoms with Crippen LogP contribution in [-0.2, 0) is 0 Å². The van der Waals surface area contributed by atoms with Crippen molar-refractivity contribution in [2.45, 2.75) is 6.92 Å². The number of fused-ring (bicyclic) bond motifs is 2. The fraction of sp³-hybridized carbons (Fsp3) is 0.135. The minimum atomic E-state index is -0.528. The van der Waals surface area contributed by atoms with Crippen molar-refractivity contribution >= 4 is 68.3 Å². The first-order chi connectivity index (χ1) is 26.6. The molecule has 7 rings (SSSR count). The van der Waals surface area contributed by atoms with Crippen LogP contribution in [0.1, 0.15) is 5.69 Å². The number of carbonyl (C=O) groups excluding carboxylic acids is 1. The van der Waals surface area contributed by atoms with Gasteiger partial charge in [0.15, 0.2) is 23.0 Å². The second-order valence-electron chi connectivity index (χ2n) is 11.2. The van der Waals surface area contributed by atoms with E-state index in [1.165, 1.54) is 12.7 Å². The Kier molecular flexibility index (Phi) is 11.7. The van der Waals surface area contributed by atoms with E-state index < -0.39 is 6.03 Å². The van der Waals surface area contributed by atoms with E-state index in [9.17, 15) is 4.79 Å². The van der Waals surface area contributed by atoms with Gasteiger partial charge in [-0.25, -0.2) is 24.7 Å². The summed E-state index contributed by atoms with van der Waals surface area (Å²) in [5.41, 5.74) is 8.51. The maximum absolute atomic E-state index is 12.1. The quantitative estimate of drug-likeness (QED) is 0.111. The Balaban J connectivity index is 0.000000197. The average molecular weight is 788 g/mol. The summed E-state index contributed by atoms with van der Waals surface area (Å²) < 4.78 is 37.9. The lowest BCUT2D eigenvalue weighted by molar-refractivity contribution is 0.261. The molecule has 0 spiro atoms. The normalized spacial score (nSPS) is 10.6. The molecule has 0 saturated carbocycles. The minimum absolute atomic E-state index is 0.221. The Hall–Kier alpha value is -6.78. The Morgan fingerprint density at radius 1 is 0.655 bits per heavy atom. The van der Waals surface area contributed by atoms with Gasteiger partial charge in [-0.05, 0) is 43.3 Å². The van der Waals surface area contributed by atoms with Gasteiger partial charge in [0.1, 0.15) is 24.2 Å². The molecule has 3 aromatic heterocycles. The molecule has 0 fully saturated rings. The van der Waals surface area contributed by atoms with Crippen molar-refractivity contribution < 1.29 is 37.7 Å². The Labute approximate surface area is 323 Å². The Morgan fingerprint density at radius 3 is 1.64 bits per heavy atom. The minimum Gasteiger partial charge on any atom is -0.493 e. The second-order valence-corrected chi connectivity index (χ2v) is 12.1. The molecule has 0 unspecified atom stereocenters. The molecule has 7 aromatic rings. The van der Waals surface area contributed by atoms with E-state index in [0.29, 0.717) is 90.2 Å². The molecule has 0 bridgehead atoms. The third-order valence-corrected chi connectivity index (χ3v) is 8.30. The molecule has 55 heavy (non-hydrogen) atoms. The van der Waals surface area contributed by atoms with Crippen molar-refractivity contribution in [3.05, 3.63) is 95.1 Å². The summed E-state index contributed by atoms with van der Waals surface area (Å²) in [6.07, 6.45) is 2.80. The van der Waals surface area contributed by atoms with Crippen LogP contribution < -0.4 is 44.8 Å². The van der Waals surface area contributed by atoms with Crippen LogP contribution in [0, 0.1) is 6.92 Å². The van der Waals surface area contributed by atoms with Gasteiger partial charge in [0.05, 0.1) is 77.4 Å². The number of nitrogens with zero attached hydrogens (tertiary/aromatic N) is 5. The summed E-state index contributed by atoms with van der Waals surface area (Å²) in [7, 11) is 6.22. The molecule has 0 aliphatic carbocycles. The van der Waals surface area contributed by atoms with E-state index in [4.69, 9.17) is 61.9 Å². The number of urea groups is 1. The van der Waals surface area contributed by atoms with Gasteiger partial charge in [-0.15, -0.1) is 0 Å². The number of carbonyl (C=O) groups is 1. The summed E-state index contributed by atoms with van der Waals surface area (Å²) in [5.74, 6) is 4.07. The number of hydrogen-bond donors (Lipinski definition) is 3. The zero-order valence-corrected chi connectivity index (χ0v) is 31.4. The smallest absolute Gasteiger partial charge is 0.326 e. The number of aryl methyl sites for hydroxylation is 1. The van der Waals surface area contributed by atoms with Crippen molar-refractivity contribution in [1.29, 1.82) is 0 Å². The molecular weight excluding hydrogens is 755 g/mol. The summed E-state index contributed by atoms with van der Waals surface area (Å²) >= 11 is 12.3. The Morgan fingerprint density at radius 2 is 1.16 bits per heavy atom. The van der Waals surface area contributed by atoms with Gasteiger partial charge in [0.25, 0.3) is 0 Å². The third kappa shape index (κ3) is 8.89. The molecule has 2 amide bonds. The number of nitrogens with one attached hydrogen (secondary N) is 2. The van der Waals surface area contributed by atoms with Crippen LogP contribution in [0.2, 0.25) is 10.0 Å². The highest BCUT2D eigenvalue weighted by atomic mass is 35.5. The first-order valence-electron chi connectivity index (χ1n) is 16.0. The van der Waals surface area contributed by atoms with Crippen LogP contribution in [0.4, 0.5) is 22.1 Å². The summed E-state index contributed by atoms with van der Waals surface area (Å²) in [6, 6.07) is 17.9. The molecule has 0 saturated heterocycles. The number of anilines is 3. The molecule has 4 N–H and O–H groups in total. The SMILES string of the molecule is COc1cc2ncnc(Oc3ccc(N)c(Cl)c3)c2cc1OC.COc1cc2ncnc(Oc3ccc(NC(=O)Nc4cc(C)no4)c(Cl)c3)c2cc1OC. The largest absolute Gasteiger partial charge is 0.493 e. The van der Waals surface area contributed by atoms with Crippen molar-refractivity contribution in [1.82, 2.24) is 25.1 Å². The van der Waals surface area contributed by atoms with E-state index in [1.807, 2.05) is 0 Å².